The van der Waals surface area contributed by atoms with Gasteiger partial charge in [-0.1, -0.05) is 11.6 Å². The maximum absolute atomic E-state index is 14.4. The lowest BCUT2D eigenvalue weighted by molar-refractivity contribution is 0.0593. The van der Waals surface area contributed by atoms with Crippen molar-refractivity contribution in [3.63, 3.8) is 0 Å². The van der Waals surface area contributed by atoms with E-state index >= 15 is 0 Å². The van der Waals surface area contributed by atoms with Crippen LogP contribution in [-0.4, -0.2) is 30.2 Å². The Morgan fingerprint density at radius 3 is 2.59 bits per heavy atom. The number of rotatable bonds is 3. The van der Waals surface area contributed by atoms with Crippen LogP contribution in [-0.2, 0) is 4.74 Å². The van der Waals surface area contributed by atoms with Crippen LogP contribution in [0.5, 0.6) is 5.75 Å². The smallest absolute Gasteiger partial charge is 0.357 e. The van der Waals surface area contributed by atoms with Crippen LogP contribution in [0.25, 0.3) is 11.4 Å². The number of halogens is 2. The van der Waals surface area contributed by atoms with E-state index in [1.165, 1.54) is 26.4 Å². The summed E-state index contributed by atoms with van der Waals surface area (Å²) < 4.78 is 24.0. The number of hydrogen-bond acceptors (Lipinski definition) is 6. The standard InChI is InChI=1S/C14H13ClFN3O3/c1-6-10(14(20)22-3)18-13(19-12(6)17)7-4-5-8(15)11(21-2)9(7)16/h4-5H,1-3H3,(H2,17,18,19). The van der Waals surface area contributed by atoms with Gasteiger partial charge in [-0.05, 0) is 19.1 Å². The van der Waals surface area contributed by atoms with Gasteiger partial charge in [0, 0.05) is 5.56 Å². The number of hydrogen-bond donors (Lipinski definition) is 1. The summed E-state index contributed by atoms with van der Waals surface area (Å²) >= 11 is 5.85. The molecule has 0 aliphatic carbocycles. The second kappa shape index (κ2) is 6.15. The molecule has 1 aromatic carbocycles. The molecule has 2 rings (SSSR count). The number of anilines is 1. The zero-order chi connectivity index (χ0) is 16.4. The van der Waals surface area contributed by atoms with Crippen LogP contribution in [0.2, 0.25) is 5.02 Å². The molecule has 0 spiro atoms. The third-order valence-corrected chi connectivity index (χ3v) is 3.35. The lowest BCUT2D eigenvalue weighted by atomic mass is 10.1. The molecule has 0 atom stereocenters. The van der Waals surface area contributed by atoms with E-state index in [4.69, 9.17) is 22.1 Å². The molecule has 0 amide bonds. The molecule has 0 saturated heterocycles. The van der Waals surface area contributed by atoms with Crippen LogP contribution >= 0.6 is 11.6 Å². The molecule has 0 radical (unpaired) electrons. The van der Waals surface area contributed by atoms with Crippen molar-refractivity contribution >= 4 is 23.4 Å². The minimum absolute atomic E-state index is 0.0121. The first-order chi connectivity index (χ1) is 10.4. The lowest BCUT2D eigenvalue weighted by Crippen LogP contribution is -2.12. The Hall–Kier alpha value is -2.41. The van der Waals surface area contributed by atoms with Crippen molar-refractivity contribution in [2.75, 3.05) is 20.0 Å². The molecule has 1 aromatic heterocycles. The summed E-state index contributed by atoms with van der Waals surface area (Å²) in [5, 5.41) is 0.108. The van der Waals surface area contributed by atoms with Crippen molar-refractivity contribution in [3.05, 3.63) is 34.2 Å². The van der Waals surface area contributed by atoms with E-state index in [9.17, 15) is 9.18 Å². The molecule has 1 heterocycles. The molecule has 0 unspecified atom stereocenters. The Morgan fingerprint density at radius 1 is 1.32 bits per heavy atom. The number of esters is 1. The Morgan fingerprint density at radius 2 is 2.00 bits per heavy atom. The quantitative estimate of drug-likeness (QED) is 0.873. The van der Waals surface area contributed by atoms with Gasteiger partial charge in [0.2, 0.25) is 0 Å². The fourth-order valence-corrected chi connectivity index (χ4v) is 2.07. The average Bonchev–Trinajstić information content (AvgIpc) is 2.50. The van der Waals surface area contributed by atoms with Crippen molar-refractivity contribution < 1.29 is 18.7 Å². The maximum atomic E-state index is 14.4. The Kier molecular flexibility index (Phi) is 4.46. The van der Waals surface area contributed by atoms with Crippen molar-refractivity contribution in [1.29, 1.82) is 0 Å². The van der Waals surface area contributed by atoms with Gasteiger partial charge < -0.3 is 15.2 Å². The molecule has 0 aliphatic rings. The fourth-order valence-electron chi connectivity index (χ4n) is 1.84. The summed E-state index contributed by atoms with van der Waals surface area (Å²) in [5.41, 5.74) is 6.10. The summed E-state index contributed by atoms with van der Waals surface area (Å²) in [5.74, 6) is -1.57. The number of ether oxygens (including phenoxy) is 2. The first kappa shape index (κ1) is 16.0. The molecule has 0 saturated carbocycles. The number of aromatic nitrogens is 2. The van der Waals surface area contributed by atoms with E-state index in [1.807, 2.05) is 0 Å². The SMILES string of the molecule is COC(=O)c1nc(-c2ccc(Cl)c(OC)c2F)nc(N)c1C. The molecule has 22 heavy (non-hydrogen) atoms. The molecule has 0 fully saturated rings. The third-order valence-electron chi connectivity index (χ3n) is 3.06. The van der Waals surface area contributed by atoms with Crippen molar-refractivity contribution in [3.8, 4) is 17.1 Å². The highest BCUT2D eigenvalue weighted by Crippen LogP contribution is 2.34. The van der Waals surface area contributed by atoms with Gasteiger partial charge >= 0.3 is 5.97 Å². The summed E-state index contributed by atoms with van der Waals surface area (Å²) in [7, 11) is 2.50. The summed E-state index contributed by atoms with van der Waals surface area (Å²) in [6.45, 7) is 1.57. The Labute approximate surface area is 131 Å². The highest BCUT2D eigenvalue weighted by Gasteiger charge is 2.21. The van der Waals surface area contributed by atoms with Crippen molar-refractivity contribution in [2.45, 2.75) is 6.92 Å². The van der Waals surface area contributed by atoms with Crippen LogP contribution in [0.3, 0.4) is 0 Å². The zero-order valence-corrected chi connectivity index (χ0v) is 12.9. The van der Waals surface area contributed by atoms with Crippen molar-refractivity contribution in [1.82, 2.24) is 9.97 Å². The van der Waals surface area contributed by atoms with Gasteiger partial charge in [0.25, 0.3) is 0 Å². The monoisotopic (exact) mass is 325 g/mol. The number of methoxy groups -OCH3 is 2. The zero-order valence-electron chi connectivity index (χ0n) is 12.1. The maximum Gasteiger partial charge on any atom is 0.357 e. The topological polar surface area (TPSA) is 87.3 Å². The molecule has 8 heteroatoms. The molecular weight excluding hydrogens is 313 g/mol. The minimum Gasteiger partial charge on any atom is -0.492 e. The molecule has 0 aliphatic heterocycles. The van der Waals surface area contributed by atoms with Gasteiger partial charge in [-0.25, -0.2) is 19.2 Å². The van der Waals surface area contributed by atoms with Crippen LogP contribution < -0.4 is 10.5 Å². The lowest BCUT2D eigenvalue weighted by Gasteiger charge is -2.11. The fraction of sp³-hybridized carbons (Fsp3) is 0.214. The predicted molar refractivity (Wildman–Crippen MR) is 79.5 cm³/mol. The van der Waals surface area contributed by atoms with Gasteiger partial charge in [-0.15, -0.1) is 0 Å². The Bertz CT molecular complexity index is 753. The normalized spacial score (nSPS) is 10.4. The predicted octanol–water partition coefficient (Wildman–Crippen LogP) is 2.62. The largest absolute Gasteiger partial charge is 0.492 e. The summed E-state index contributed by atoms with van der Waals surface area (Å²) in [6, 6.07) is 2.82. The molecule has 2 aromatic rings. The number of nitrogen functional groups attached to an aromatic ring is 1. The number of benzene rings is 1. The van der Waals surface area contributed by atoms with Gasteiger partial charge in [-0.2, -0.15) is 0 Å². The average molecular weight is 326 g/mol. The van der Waals surface area contributed by atoms with Crippen LogP contribution in [0.1, 0.15) is 16.1 Å². The van der Waals surface area contributed by atoms with Crippen LogP contribution in [0, 0.1) is 12.7 Å². The van der Waals surface area contributed by atoms with Gasteiger partial charge in [0.1, 0.15) is 5.82 Å². The van der Waals surface area contributed by atoms with E-state index in [-0.39, 0.29) is 33.7 Å². The van der Waals surface area contributed by atoms with E-state index in [0.717, 1.165) is 0 Å². The minimum atomic E-state index is -0.742. The second-order valence-corrected chi connectivity index (χ2v) is 4.75. The van der Waals surface area contributed by atoms with E-state index < -0.39 is 11.8 Å². The van der Waals surface area contributed by atoms with Gasteiger partial charge in [-0.3, -0.25) is 0 Å². The summed E-state index contributed by atoms with van der Waals surface area (Å²) in [4.78, 5) is 19.8. The first-order valence-corrected chi connectivity index (χ1v) is 6.53. The van der Waals surface area contributed by atoms with E-state index in [0.29, 0.717) is 5.56 Å². The molecule has 0 bridgehead atoms. The van der Waals surface area contributed by atoms with E-state index in [2.05, 4.69) is 14.7 Å². The van der Waals surface area contributed by atoms with Gasteiger partial charge in [0.15, 0.2) is 23.1 Å². The van der Waals surface area contributed by atoms with Crippen LogP contribution in [0.4, 0.5) is 10.2 Å². The van der Waals surface area contributed by atoms with E-state index in [1.54, 1.807) is 6.92 Å². The molecule has 6 nitrogen and oxygen atoms in total. The number of carbonyl (C=O) groups excluding carboxylic acids is 1. The second-order valence-electron chi connectivity index (χ2n) is 4.34. The van der Waals surface area contributed by atoms with Gasteiger partial charge in [0.05, 0.1) is 24.8 Å². The number of nitrogens with zero attached hydrogens (tertiary/aromatic N) is 2. The Balaban J connectivity index is 2.69. The number of carbonyl (C=O) groups is 1. The number of nitrogens with two attached hydrogens (primary N) is 1. The van der Waals surface area contributed by atoms with Crippen LogP contribution in [0.15, 0.2) is 12.1 Å². The summed E-state index contributed by atoms with van der Waals surface area (Å²) in [6.07, 6.45) is 0. The highest BCUT2D eigenvalue weighted by molar-refractivity contribution is 6.32. The molecule has 116 valence electrons. The van der Waals surface area contributed by atoms with Crippen molar-refractivity contribution in [2.24, 2.45) is 0 Å². The third kappa shape index (κ3) is 2.67. The molecular formula is C14H13ClFN3O3. The first-order valence-electron chi connectivity index (χ1n) is 6.15. The highest BCUT2D eigenvalue weighted by atomic mass is 35.5. The molecule has 2 N–H and O–H groups in total.